The topological polar surface area (TPSA) is 68.3 Å². The van der Waals surface area contributed by atoms with Gasteiger partial charge in [-0.2, -0.15) is 0 Å². The smallest absolute Gasteiger partial charge is 0.265 e. The van der Waals surface area contributed by atoms with Gasteiger partial charge >= 0.3 is 0 Å². The minimum absolute atomic E-state index is 0.0302. The molecule has 5 nitrogen and oxygen atoms in total. The Hall–Kier alpha value is -1.74. The molecule has 1 N–H and O–H groups in total. The van der Waals surface area contributed by atoms with E-state index >= 15 is 0 Å². The van der Waals surface area contributed by atoms with Gasteiger partial charge in [-0.3, -0.25) is 4.72 Å². The van der Waals surface area contributed by atoms with Crippen LogP contribution in [0.1, 0.15) is 0 Å². The molecule has 0 saturated carbocycles. The third-order valence-electron chi connectivity index (χ3n) is 2.50. The first-order chi connectivity index (χ1) is 9.86. The lowest BCUT2D eigenvalue weighted by Crippen LogP contribution is -2.16. The zero-order chi connectivity index (χ0) is 15.6. The van der Waals surface area contributed by atoms with Crippen molar-refractivity contribution in [2.24, 2.45) is 0 Å². The van der Waals surface area contributed by atoms with E-state index < -0.39 is 31.0 Å². The summed E-state index contributed by atoms with van der Waals surface area (Å²) in [5, 5.41) is 0. The standard InChI is InChI=1S/C12H9BrF2N2O3S/c1-20-12-8(3-2-6-16-12)17-21(18,19)9-5-4-7(14)10(13)11(9)15/h2-6,17H,1H3. The zero-order valence-corrected chi connectivity index (χ0v) is 13.0. The van der Waals surface area contributed by atoms with Crippen molar-refractivity contribution >= 4 is 31.6 Å². The highest BCUT2D eigenvalue weighted by Gasteiger charge is 2.24. The molecule has 0 unspecified atom stereocenters. The number of ether oxygens (including phenoxy) is 1. The first-order valence-corrected chi connectivity index (χ1v) is 7.79. The van der Waals surface area contributed by atoms with E-state index in [1.54, 1.807) is 0 Å². The Bertz CT molecular complexity index is 784. The highest BCUT2D eigenvalue weighted by atomic mass is 79.9. The van der Waals surface area contributed by atoms with E-state index in [9.17, 15) is 17.2 Å². The van der Waals surface area contributed by atoms with E-state index in [4.69, 9.17) is 4.74 Å². The predicted molar refractivity (Wildman–Crippen MR) is 75.7 cm³/mol. The van der Waals surface area contributed by atoms with Crippen molar-refractivity contribution in [3.63, 3.8) is 0 Å². The van der Waals surface area contributed by atoms with Gasteiger partial charge in [0.25, 0.3) is 10.0 Å². The van der Waals surface area contributed by atoms with Crippen molar-refractivity contribution in [3.05, 3.63) is 46.6 Å². The number of aromatic nitrogens is 1. The molecule has 0 amide bonds. The van der Waals surface area contributed by atoms with Crippen LogP contribution in [0.25, 0.3) is 0 Å². The molecule has 0 aliphatic heterocycles. The highest BCUT2D eigenvalue weighted by molar-refractivity contribution is 9.10. The van der Waals surface area contributed by atoms with Gasteiger partial charge in [0.05, 0.1) is 11.6 Å². The molecule has 1 aromatic carbocycles. The highest BCUT2D eigenvalue weighted by Crippen LogP contribution is 2.28. The van der Waals surface area contributed by atoms with Crippen LogP contribution in [-0.4, -0.2) is 20.5 Å². The molecular formula is C12H9BrF2N2O3S. The van der Waals surface area contributed by atoms with Crippen molar-refractivity contribution in [3.8, 4) is 5.88 Å². The van der Waals surface area contributed by atoms with Crippen molar-refractivity contribution in [1.82, 2.24) is 4.98 Å². The van der Waals surface area contributed by atoms with Crippen LogP contribution in [0.15, 0.2) is 39.8 Å². The zero-order valence-electron chi connectivity index (χ0n) is 10.6. The number of halogens is 3. The molecule has 2 rings (SSSR count). The van der Waals surface area contributed by atoms with Crippen LogP contribution in [0.5, 0.6) is 5.88 Å². The molecule has 9 heteroatoms. The maximum Gasteiger partial charge on any atom is 0.265 e. The molecule has 0 atom stereocenters. The molecule has 0 saturated heterocycles. The maximum absolute atomic E-state index is 13.9. The van der Waals surface area contributed by atoms with Crippen molar-refractivity contribution in [2.75, 3.05) is 11.8 Å². The van der Waals surface area contributed by atoms with E-state index in [1.807, 2.05) is 0 Å². The quantitative estimate of drug-likeness (QED) is 0.830. The van der Waals surface area contributed by atoms with E-state index in [1.165, 1.54) is 25.4 Å². The van der Waals surface area contributed by atoms with E-state index in [0.717, 1.165) is 12.1 Å². The summed E-state index contributed by atoms with van der Waals surface area (Å²) in [5.41, 5.74) is 0.0415. The second-order valence-electron chi connectivity index (χ2n) is 3.84. The number of sulfonamides is 1. The lowest BCUT2D eigenvalue weighted by Gasteiger charge is -2.11. The van der Waals surface area contributed by atoms with Crippen molar-refractivity contribution in [1.29, 1.82) is 0 Å². The number of nitrogens with one attached hydrogen (secondary N) is 1. The van der Waals surface area contributed by atoms with Crippen LogP contribution >= 0.6 is 15.9 Å². The molecular weight excluding hydrogens is 370 g/mol. The van der Waals surface area contributed by atoms with E-state index in [0.29, 0.717) is 0 Å². The average Bonchev–Trinajstić information content (AvgIpc) is 2.44. The summed E-state index contributed by atoms with van der Waals surface area (Å²) in [6.07, 6.45) is 1.41. The Kier molecular flexibility index (Phi) is 4.43. The fourth-order valence-electron chi connectivity index (χ4n) is 1.55. The normalized spacial score (nSPS) is 11.2. The minimum Gasteiger partial charge on any atom is -0.480 e. The third-order valence-corrected chi connectivity index (χ3v) is 4.61. The Morgan fingerprint density at radius 3 is 2.67 bits per heavy atom. The Labute approximate surface area is 128 Å². The van der Waals surface area contributed by atoms with Gasteiger partial charge in [-0.1, -0.05) is 0 Å². The summed E-state index contributed by atoms with van der Waals surface area (Å²) >= 11 is 2.66. The van der Waals surface area contributed by atoms with Crippen LogP contribution in [0.2, 0.25) is 0 Å². The van der Waals surface area contributed by atoms with Gasteiger partial charge in [-0.25, -0.2) is 22.2 Å². The summed E-state index contributed by atoms with van der Waals surface area (Å²) in [4.78, 5) is 3.12. The Morgan fingerprint density at radius 1 is 1.29 bits per heavy atom. The van der Waals surface area contributed by atoms with Crippen molar-refractivity contribution in [2.45, 2.75) is 4.90 Å². The Balaban J connectivity index is 2.46. The number of benzene rings is 1. The molecule has 0 bridgehead atoms. The third kappa shape index (κ3) is 3.13. The number of rotatable bonds is 4. The molecule has 112 valence electrons. The molecule has 0 spiro atoms. The van der Waals surface area contributed by atoms with Gasteiger partial charge in [0, 0.05) is 6.20 Å². The SMILES string of the molecule is COc1ncccc1NS(=O)(=O)c1ccc(F)c(Br)c1F. The maximum atomic E-state index is 13.9. The van der Waals surface area contributed by atoms with Crippen LogP contribution in [0, 0.1) is 11.6 Å². The lowest BCUT2D eigenvalue weighted by atomic mass is 10.3. The van der Waals surface area contributed by atoms with Crippen LogP contribution in [-0.2, 0) is 10.0 Å². The monoisotopic (exact) mass is 378 g/mol. The predicted octanol–water partition coefficient (Wildman–Crippen LogP) is 2.93. The fraction of sp³-hybridized carbons (Fsp3) is 0.0833. The molecule has 0 aliphatic rings. The molecule has 0 fully saturated rings. The van der Waals surface area contributed by atoms with Crippen LogP contribution < -0.4 is 9.46 Å². The fourth-order valence-corrected chi connectivity index (χ4v) is 3.16. The molecule has 21 heavy (non-hydrogen) atoms. The first kappa shape index (κ1) is 15.6. The van der Waals surface area contributed by atoms with Crippen molar-refractivity contribution < 1.29 is 21.9 Å². The number of hydrogen-bond acceptors (Lipinski definition) is 4. The lowest BCUT2D eigenvalue weighted by molar-refractivity contribution is 0.400. The number of hydrogen-bond donors (Lipinski definition) is 1. The van der Waals surface area contributed by atoms with Crippen LogP contribution in [0.3, 0.4) is 0 Å². The van der Waals surface area contributed by atoms with Gasteiger partial charge < -0.3 is 4.74 Å². The molecule has 0 aliphatic carbocycles. The number of anilines is 1. The number of pyridine rings is 1. The van der Waals surface area contributed by atoms with Gasteiger partial charge in [-0.15, -0.1) is 0 Å². The second-order valence-corrected chi connectivity index (χ2v) is 6.28. The van der Waals surface area contributed by atoms with E-state index in [-0.39, 0.29) is 11.6 Å². The largest absolute Gasteiger partial charge is 0.480 e. The summed E-state index contributed by atoms with van der Waals surface area (Å²) in [6, 6.07) is 4.57. The van der Waals surface area contributed by atoms with Gasteiger partial charge in [0.1, 0.15) is 16.4 Å². The second kappa shape index (κ2) is 5.94. The summed E-state index contributed by atoms with van der Waals surface area (Å²) in [5.74, 6) is -2.08. The molecule has 2 aromatic rings. The first-order valence-electron chi connectivity index (χ1n) is 5.52. The molecule has 1 aromatic heterocycles. The van der Waals surface area contributed by atoms with Gasteiger partial charge in [-0.05, 0) is 40.2 Å². The Morgan fingerprint density at radius 2 is 2.00 bits per heavy atom. The molecule has 1 heterocycles. The summed E-state index contributed by atoms with van der Waals surface area (Å²) in [6.45, 7) is 0. The number of nitrogens with zero attached hydrogens (tertiary/aromatic N) is 1. The average molecular weight is 379 g/mol. The summed E-state index contributed by atoms with van der Waals surface area (Å²) < 4.78 is 57.9. The van der Waals surface area contributed by atoms with Crippen LogP contribution in [0.4, 0.5) is 14.5 Å². The van der Waals surface area contributed by atoms with E-state index in [2.05, 4.69) is 25.6 Å². The van der Waals surface area contributed by atoms with Gasteiger partial charge in [0.15, 0.2) is 5.82 Å². The molecule has 0 radical (unpaired) electrons. The minimum atomic E-state index is -4.26. The van der Waals surface area contributed by atoms with Gasteiger partial charge in [0.2, 0.25) is 5.88 Å². The number of methoxy groups -OCH3 is 1. The summed E-state index contributed by atoms with van der Waals surface area (Å²) in [7, 11) is -2.94.